The van der Waals surface area contributed by atoms with Gasteiger partial charge in [0, 0.05) is 24.7 Å². The Labute approximate surface area is 178 Å². The summed E-state index contributed by atoms with van der Waals surface area (Å²) in [7, 11) is -2.27. The number of hydrogen-bond donors (Lipinski definition) is 1. The third-order valence-corrected chi connectivity index (χ3v) is 6.18. The number of nitro groups is 1. The summed E-state index contributed by atoms with van der Waals surface area (Å²) in [5.41, 5.74) is 3.58. The Morgan fingerprint density at radius 3 is 2.19 bits per heavy atom. The zero-order valence-electron chi connectivity index (χ0n) is 16.4. The largest absolute Gasteiger partial charge is 0.271 e. The highest BCUT2D eigenvalue weighted by Gasteiger charge is 2.21. The minimum absolute atomic E-state index is 0.0412. The number of nitro benzene ring substituents is 1. The Kier molecular flexibility index (Phi) is 6.41. The van der Waals surface area contributed by atoms with E-state index in [2.05, 4.69) is 10.5 Å². The molecule has 0 fully saturated rings. The molecule has 0 atom stereocenters. The predicted octanol–water partition coefficient (Wildman–Crippen LogP) is 3.18. The molecule has 0 aliphatic heterocycles. The predicted molar refractivity (Wildman–Crippen MR) is 117 cm³/mol. The number of hydrazone groups is 1. The van der Waals surface area contributed by atoms with Gasteiger partial charge in [-0.3, -0.25) is 19.2 Å². The molecule has 9 nitrogen and oxygen atoms in total. The first kappa shape index (κ1) is 21.7. The second-order valence-electron chi connectivity index (χ2n) is 6.38. The molecule has 0 radical (unpaired) electrons. The number of non-ortho nitro benzene ring substituents is 1. The lowest BCUT2D eigenvalue weighted by molar-refractivity contribution is -0.384. The first-order chi connectivity index (χ1) is 14.8. The number of carbonyl (C=O) groups is 1. The van der Waals surface area contributed by atoms with E-state index in [1.165, 1.54) is 73.9 Å². The van der Waals surface area contributed by atoms with Gasteiger partial charge in [0.25, 0.3) is 21.6 Å². The first-order valence-corrected chi connectivity index (χ1v) is 10.4. The maximum atomic E-state index is 12.7. The van der Waals surface area contributed by atoms with Gasteiger partial charge in [0.15, 0.2) is 0 Å². The monoisotopic (exact) mass is 438 g/mol. The van der Waals surface area contributed by atoms with Crippen molar-refractivity contribution < 1.29 is 18.1 Å². The van der Waals surface area contributed by atoms with Crippen LogP contribution in [0.1, 0.15) is 15.9 Å². The van der Waals surface area contributed by atoms with Crippen LogP contribution in [0, 0.1) is 10.1 Å². The molecule has 0 aromatic heterocycles. The Hall–Kier alpha value is -4.05. The SMILES string of the molecule is CN(c1ccc(C(=O)NN=Cc2ccc([N+](=O)[O-])cc2)cc1)S(=O)(=O)c1ccccc1. The van der Waals surface area contributed by atoms with Gasteiger partial charge in [0.2, 0.25) is 0 Å². The summed E-state index contributed by atoms with van der Waals surface area (Å²) < 4.78 is 26.5. The van der Waals surface area contributed by atoms with Crippen molar-refractivity contribution in [3.05, 3.63) is 100 Å². The van der Waals surface area contributed by atoms with Crippen molar-refractivity contribution in [2.75, 3.05) is 11.4 Å². The van der Waals surface area contributed by atoms with Crippen LogP contribution in [0.4, 0.5) is 11.4 Å². The van der Waals surface area contributed by atoms with E-state index in [9.17, 15) is 23.3 Å². The maximum Gasteiger partial charge on any atom is 0.271 e. The smallest absolute Gasteiger partial charge is 0.269 e. The molecule has 158 valence electrons. The normalized spacial score (nSPS) is 11.3. The number of hydrogen-bond acceptors (Lipinski definition) is 6. The third-order valence-electron chi connectivity index (χ3n) is 4.38. The summed E-state index contributed by atoms with van der Waals surface area (Å²) in [6, 6.07) is 19.7. The van der Waals surface area contributed by atoms with E-state index in [-0.39, 0.29) is 16.1 Å². The molecule has 0 aliphatic carbocycles. The summed E-state index contributed by atoms with van der Waals surface area (Å²) in [5, 5.41) is 14.5. The zero-order valence-corrected chi connectivity index (χ0v) is 17.2. The van der Waals surface area contributed by atoms with E-state index in [0.717, 1.165) is 4.31 Å². The molecule has 3 aromatic rings. The summed E-state index contributed by atoms with van der Waals surface area (Å²) in [6.07, 6.45) is 1.36. The van der Waals surface area contributed by atoms with Crippen molar-refractivity contribution in [1.29, 1.82) is 0 Å². The van der Waals surface area contributed by atoms with Crippen molar-refractivity contribution in [1.82, 2.24) is 5.43 Å². The number of benzene rings is 3. The second-order valence-corrected chi connectivity index (χ2v) is 8.35. The van der Waals surface area contributed by atoms with Crippen molar-refractivity contribution in [3.63, 3.8) is 0 Å². The van der Waals surface area contributed by atoms with Crippen LogP contribution in [0.25, 0.3) is 0 Å². The van der Waals surface area contributed by atoms with Crippen molar-refractivity contribution >= 4 is 33.5 Å². The molecule has 0 bridgehead atoms. The molecule has 3 aromatic carbocycles. The molecule has 3 rings (SSSR count). The highest BCUT2D eigenvalue weighted by atomic mass is 32.2. The molecule has 0 heterocycles. The lowest BCUT2D eigenvalue weighted by Crippen LogP contribution is -2.26. The van der Waals surface area contributed by atoms with E-state index in [1.54, 1.807) is 18.2 Å². The van der Waals surface area contributed by atoms with Gasteiger partial charge in [-0.2, -0.15) is 5.10 Å². The van der Waals surface area contributed by atoms with Gasteiger partial charge in [-0.05, 0) is 54.1 Å². The minimum Gasteiger partial charge on any atom is -0.269 e. The van der Waals surface area contributed by atoms with Crippen molar-refractivity contribution in [3.8, 4) is 0 Å². The summed E-state index contributed by atoms with van der Waals surface area (Å²) >= 11 is 0. The molecular formula is C21H18N4O5S. The molecule has 0 aliphatic rings. The molecule has 0 saturated heterocycles. The highest BCUT2D eigenvalue weighted by molar-refractivity contribution is 7.92. The summed E-state index contributed by atoms with van der Waals surface area (Å²) in [4.78, 5) is 22.5. The number of amides is 1. The summed E-state index contributed by atoms with van der Waals surface area (Å²) in [6.45, 7) is 0. The third kappa shape index (κ3) is 5.11. The van der Waals surface area contributed by atoms with Crippen LogP contribution in [0.2, 0.25) is 0 Å². The van der Waals surface area contributed by atoms with Gasteiger partial charge in [0.1, 0.15) is 0 Å². The first-order valence-electron chi connectivity index (χ1n) is 9.01. The van der Waals surface area contributed by atoms with E-state index in [4.69, 9.17) is 0 Å². The van der Waals surface area contributed by atoms with Crippen LogP contribution in [0.15, 0.2) is 88.9 Å². The fraction of sp³-hybridized carbons (Fsp3) is 0.0476. The van der Waals surface area contributed by atoms with E-state index in [1.807, 2.05) is 0 Å². The Bertz CT molecular complexity index is 1210. The van der Waals surface area contributed by atoms with Gasteiger partial charge in [-0.25, -0.2) is 13.8 Å². The number of sulfonamides is 1. The number of nitrogens with one attached hydrogen (secondary N) is 1. The average molecular weight is 438 g/mol. The quantitative estimate of drug-likeness (QED) is 0.345. The van der Waals surface area contributed by atoms with E-state index in [0.29, 0.717) is 11.3 Å². The molecule has 31 heavy (non-hydrogen) atoms. The van der Waals surface area contributed by atoms with Crippen LogP contribution >= 0.6 is 0 Å². The van der Waals surface area contributed by atoms with Gasteiger partial charge in [-0.1, -0.05) is 18.2 Å². The number of nitrogens with zero attached hydrogens (tertiary/aromatic N) is 3. The van der Waals surface area contributed by atoms with Crippen LogP contribution in [-0.2, 0) is 10.0 Å². The fourth-order valence-electron chi connectivity index (χ4n) is 2.62. The topological polar surface area (TPSA) is 122 Å². The Balaban J connectivity index is 1.65. The summed E-state index contributed by atoms with van der Waals surface area (Å²) in [5.74, 6) is -0.488. The molecule has 10 heteroatoms. The van der Waals surface area contributed by atoms with E-state index >= 15 is 0 Å². The number of rotatable bonds is 7. The van der Waals surface area contributed by atoms with Crippen LogP contribution < -0.4 is 9.73 Å². The maximum absolute atomic E-state index is 12.7. The molecule has 0 saturated carbocycles. The lowest BCUT2D eigenvalue weighted by Gasteiger charge is -2.19. The van der Waals surface area contributed by atoms with Crippen LogP contribution in [0.3, 0.4) is 0 Å². The van der Waals surface area contributed by atoms with Crippen LogP contribution in [-0.4, -0.2) is 32.5 Å². The van der Waals surface area contributed by atoms with Crippen molar-refractivity contribution in [2.24, 2.45) is 5.10 Å². The fourth-order valence-corrected chi connectivity index (χ4v) is 3.84. The molecule has 0 unspecified atom stereocenters. The lowest BCUT2D eigenvalue weighted by atomic mass is 10.2. The average Bonchev–Trinajstić information content (AvgIpc) is 2.79. The second kappa shape index (κ2) is 9.18. The van der Waals surface area contributed by atoms with Gasteiger partial charge in [-0.15, -0.1) is 0 Å². The number of anilines is 1. The highest BCUT2D eigenvalue weighted by Crippen LogP contribution is 2.22. The molecular weight excluding hydrogens is 420 g/mol. The van der Waals surface area contributed by atoms with Gasteiger partial charge < -0.3 is 0 Å². The van der Waals surface area contributed by atoms with Crippen LogP contribution in [0.5, 0.6) is 0 Å². The number of carbonyl (C=O) groups excluding carboxylic acids is 1. The standard InChI is InChI=1S/C21H18N4O5S/c1-24(31(29,30)20-5-3-2-4-6-20)18-13-9-17(10-14-18)21(26)23-22-15-16-7-11-19(12-8-16)25(27)28/h2-15H,1H3,(H,23,26). The Morgan fingerprint density at radius 1 is 1.00 bits per heavy atom. The Morgan fingerprint density at radius 2 is 1.61 bits per heavy atom. The molecule has 1 N–H and O–H groups in total. The van der Waals surface area contributed by atoms with Crippen molar-refractivity contribution in [2.45, 2.75) is 4.90 Å². The van der Waals surface area contributed by atoms with Gasteiger partial charge in [0.05, 0.1) is 21.7 Å². The molecule has 1 amide bonds. The zero-order chi connectivity index (χ0) is 22.4. The van der Waals surface area contributed by atoms with E-state index < -0.39 is 20.9 Å². The molecule has 0 spiro atoms. The minimum atomic E-state index is -3.71. The van der Waals surface area contributed by atoms with Gasteiger partial charge >= 0.3 is 0 Å².